The van der Waals surface area contributed by atoms with Crippen molar-refractivity contribution in [1.82, 2.24) is 0 Å². The summed E-state index contributed by atoms with van der Waals surface area (Å²) >= 11 is 6.83. The lowest BCUT2D eigenvalue weighted by atomic mass is 9.83. The molecule has 1 aliphatic carbocycles. The van der Waals surface area contributed by atoms with E-state index in [4.69, 9.17) is 11.6 Å². The highest BCUT2D eigenvalue weighted by molar-refractivity contribution is 6.21. The van der Waals surface area contributed by atoms with Gasteiger partial charge in [-0.2, -0.15) is 0 Å². The standard InChI is InChI=1S/C20H31Cl/c1-13-14(2)16(4)20(17(5)15(13)3)19(21)12-11-18-9-7-6-8-10-18/h18-19H,6-12H2,1-5H3. The Hall–Kier alpha value is -0.490. The van der Waals surface area contributed by atoms with Crippen molar-refractivity contribution in [3.63, 3.8) is 0 Å². The van der Waals surface area contributed by atoms with Gasteiger partial charge in [-0.05, 0) is 86.8 Å². The van der Waals surface area contributed by atoms with E-state index >= 15 is 0 Å². The Morgan fingerprint density at radius 3 is 1.81 bits per heavy atom. The van der Waals surface area contributed by atoms with Gasteiger partial charge in [0.1, 0.15) is 0 Å². The number of halogens is 1. The number of rotatable bonds is 4. The first-order valence-corrected chi connectivity index (χ1v) is 9.08. The van der Waals surface area contributed by atoms with Gasteiger partial charge in [-0.3, -0.25) is 0 Å². The van der Waals surface area contributed by atoms with Crippen LogP contribution in [0, 0.1) is 40.5 Å². The first kappa shape index (κ1) is 16.9. The van der Waals surface area contributed by atoms with Crippen LogP contribution in [0.4, 0.5) is 0 Å². The fraction of sp³-hybridized carbons (Fsp3) is 0.700. The van der Waals surface area contributed by atoms with Crippen LogP contribution in [0.15, 0.2) is 0 Å². The van der Waals surface area contributed by atoms with Crippen molar-refractivity contribution < 1.29 is 0 Å². The van der Waals surface area contributed by atoms with Crippen molar-refractivity contribution in [3.8, 4) is 0 Å². The summed E-state index contributed by atoms with van der Waals surface area (Å²) in [6, 6.07) is 0. The van der Waals surface area contributed by atoms with Crippen molar-refractivity contribution >= 4 is 11.6 Å². The second-order valence-corrected chi connectivity index (χ2v) is 7.61. The molecule has 118 valence electrons. The highest BCUT2D eigenvalue weighted by Gasteiger charge is 2.21. The lowest BCUT2D eigenvalue weighted by Crippen LogP contribution is -2.09. The second-order valence-electron chi connectivity index (χ2n) is 7.09. The molecule has 0 aromatic heterocycles. The molecule has 0 radical (unpaired) electrons. The van der Waals surface area contributed by atoms with Gasteiger partial charge >= 0.3 is 0 Å². The van der Waals surface area contributed by atoms with Crippen LogP contribution in [0.3, 0.4) is 0 Å². The molecular weight excluding hydrogens is 276 g/mol. The molecule has 0 N–H and O–H groups in total. The summed E-state index contributed by atoms with van der Waals surface area (Å²) < 4.78 is 0. The van der Waals surface area contributed by atoms with Gasteiger partial charge in [-0.25, -0.2) is 0 Å². The minimum Gasteiger partial charge on any atom is -0.118 e. The molecule has 0 amide bonds. The van der Waals surface area contributed by atoms with Crippen molar-refractivity contribution in [2.45, 2.75) is 84.9 Å². The van der Waals surface area contributed by atoms with Crippen LogP contribution in [0.1, 0.15) is 83.7 Å². The molecule has 0 heterocycles. The third-order valence-electron chi connectivity index (χ3n) is 5.92. The lowest BCUT2D eigenvalue weighted by Gasteiger charge is -2.25. The van der Waals surface area contributed by atoms with Gasteiger partial charge in [-0.1, -0.05) is 32.1 Å². The fourth-order valence-corrected chi connectivity index (χ4v) is 4.45. The smallest absolute Gasteiger partial charge is 0.0590 e. The van der Waals surface area contributed by atoms with Gasteiger partial charge < -0.3 is 0 Å². The predicted molar refractivity (Wildman–Crippen MR) is 94.5 cm³/mol. The predicted octanol–water partition coefficient (Wildman–Crippen LogP) is 6.87. The van der Waals surface area contributed by atoms with Crippen LogP contribution in [0.5, 0.6) is 0 Å². The zero-order valence-electron chi connectivity index (χ0n) is 14.5. The van der Waals surface area contributed by atoms with E-state index in [9.17, 15) is 0 Å². The number of hydrogen-bond donors (Lipinski definition) is 0. The summed E-state index contributed by atoms with van der Waals surface area (Å²) in [5.74, 6) is 0.924. The minimum absolute atomic E-state index is 0.185. The Balaban J connectivity index is 2.13. The number of benzene rings is 1. The molecule has 1 aromatic carbocycles. The molecule has 1 unspecified atom stereocenters. The van der Waals surface area contributed by atoms with E-state index < -0.39 is 0 Å². The quantitative estimate of drug-likeness (QED) is 0.532. The van der Waals surface area contributed by atoms with Crippen LogP contribution in [0.2, 0.25) is 0 Å². The molecule has 1 fully saturated rings. The summed E-state index contributed by atoms with van der Waals surface area (Å²) in [6.07, 6.45) is 9.59. The molecule has 0 aliphatic heterocycles. The molecule has 0 nitrogen and oxygen atoms in total. The van der Waals surface area contributed by atoms with E-state index in [-0.39, 0.29) is 5.38 Å². The summed E-state index contributed by atoms with van der Waals surface area (Å²) in [6.45, 7) is 11.2. The average Bonchev–Trinajstić information content (AvgIpc) is 2.50. The summed E-state index contributed by atoms with van der Waals surface area (Å²) in [5.41, 5.74) is 8.53. The van der Waals surface area contributed by atoms with Gasteiger partial charge in [0.15, 0.2) is 0 Å². The second kappa shape index (κ2) is 7.18. The molecule has 21 heavy (non-hydrogen) atoms. The van der Waals surface area contributed by atoms with E-state index in [1.54, 1.807) is 0 Å². The maximum absolute atomic E-state index is 6.83. The first-order chi connectivity index (χ1) is 9.93. The summed E-state index contributed by atoms with van der Waals surface area (Å²) in [7, 11) is 0. The van der Waals surface area contributed by atoms with Gasteiger partial charge in [-0.15, -0.1) is 11.6 Å². The third kappa shape index (κ3) is 3.65. The third-order valence-corrected chi connectivity index (χ3v) is 6.36. The Morgan fingerprint density at radius 2 is 1.29 bits per heavy atom. The van der Waals surface area contributed by atoms with Crippen LogP contribution >= 0.6 is 11.6 Å². The molecule has 1 heteroatoms. The fourth-order valence-electron chi connectivity index (χ4n) is 4.00. The van der Waals surface area contributed by atoms with E-state index in [1.807, 2.05) is 0 Å². The van der Waals surface area contributed by atoms with Gasteiger partial charge in [0, 0.05) is 0 Å². The SMILES string of the molecule is Cc1c(C)c(C)c(C(Cl)CCC2CCCCC2)c(C)c1C. The van der Waals surface area contributed by atoms with Gasteiger partial charge in [0.25, 0.3) is 0 Å². The molecule has 1 saturated carbocycles. The summed E-state index contributed by atoms with van der Waals surface area (Å²) in [4.78, 5) is 0. The summed E-state index contributed by atoms with van der Waals surface area (Å²) in [5, 5.41) is 0.185. The first-order valence-electron chi connectivity index (χ1n) is 8.64. The highest BCUT2D eigenvalue weighted by Crippen LogP contribution is 2.38. The maximum atomic E-state index is 6.83. The van der Waals surface area contributed by atoms with Crippen molar-refractivity contribution in [2.24, 2.45) is 5.92 Å². The maximum Gasteiger partial charge on any atom is 0.0590 e. The highest BCUT2D eigenvalue weighted by atomic mass is 35.5. The van der Waals surface area contributed by atoms with E-state index in [1.165, 1.54) is 71.9 Å². The van der Waals surface area contributed by atoms with Crippen molar-refractivity contribution in [1.29, 1.82) is 0 Å². The normalized spacial score (nSPS) is 18.0. The van der Waals surface area contributed by atoms with Crippen LogP contribution < -0.4 is 0 Å². The Morgan fingerprint density at radius 1 is 0.810 bits per heavy atom. The zero-order valence-corrected chi connectivity index (χ0v) is 15.2. The lowest BCUT2D eigenvalue weighted by molar-refractivity contribution is 0.331. The van der Waals surface area contributed by atoms with Crippen molar-refractivity contribution in [3.05, 3.63) is 33.4 Å². The van der Waals surface area contributed by atoms with Crippen molar-refractivity contribution in [2.75, 3.05) is 0 Å². The Bertz CT molecular complexity index is 466. The molecule has 1 aromatic rings. The van der Waals surface area contributed by atoms with Gasteiger partial charge in [0.2, 0.25) is 0 Å². The van der Waals surface area contributed by atoms with Gasteiger partial charge in [0.05, 0.1) is 5.38 Å². The number of alkyl halides is 1. The molecular formula is C20H31Cl. The molecule has 2 rings (SSSR count). The average molecular weight is 307 g/mol. The molecule has 0 spiro atoms. The van der Waals surface area contributed by atoms with E-state index in [2.05, 4.69) is 34.6 Å². The monoisotopic (exact) mass is 306 g/mol. The van der Waals surface area contributed by atoms with Crippen LogP contribution in [0.25, 0.3) is 0 Å². The zero-order chi connectivity index (χ0) is 15.6. The Labute approximate surface area is 136 Å². The molecule has 1 atom stereocenters. The topological polar surface area (TPSA) is 0 Å². The van der Waals surface area contributed by atoms with Crippen LogP contribution in [-0.4, -0.2) is 0 Å². The van der Waals surface area contributed by atoms with E-state index in [0.29, 0.717) is 0 Å². The van der Waals surface area contributed by atoms with E-state index in [0.717, 1.165) is 12.3 Å². The molecule has 0 saturated heterocycles. The Kier molecular flexibility index (Phi) is 5.77. The molecule has 0 bridgehead atoms. The largest absolute Gasteiger partial charge is 0.118 e. The van der Waals surface area contributed by atoms with Crippen LogP contribution in [-0.2, 0) is 0 Å². The minimum atomic E-state index is 0.185. The molecule has 1 aliphatic rings. The number of hydrogen-bond acceptors (Lipinski definition) is 0.